The number of anilines is 1. The van der Waals surface area contributed by atoms with E-state index in [0.717, 1.165) is 22.3 Å². The molecule has 9 heteroatoms. The van der Waals surface area contributed by atoms with Crippen molar-refractivity contribution in [2.75, 3.05) is 11.9 Å². The van der Waals surface area contributed by atoms with Gasteiger partial charge in [0.05, 0.1) is 11.5 Å². The van der Waals surface area contributed by atoms with Crippen molar-refractivity contribution in [3.8, 4) is 16.9 Å². The Hall–Kier alpha value is -4.21. The average molecular weight is 503 g/mol. The molecule has 0 bridgehead atoms. The number of rotatable bonds is 9. The number of hydrogen-bond acceptors (Lipinski definition) is 5. The highest BCUT2D eigenvalue weighted by Gasteiger charge is 2.11. The van der Waals surface area contributed by atoms with E-state index < -0.39 is 10.0 Å². The number of nitrogens with two attached hydrogens (primary N) is 1. The molecule has 4 rings (SSSR count). The van der Waals surface area contributed by atoms with Gasteiger partial charge in [0.15, 0.2) is 0 Å². The van der Waals surface area contributed by atoms with E-state index in [1.165, 1.54) is 6.07 Å². The Labute approximate surface area is 210 Å². The number of urea groups is 1. The molecule has 0 atom stereocenters. The molecule has 184 valence electrons. The zero-order valence-electron chi connectivity index (χ0n) is 19.4. The lowest BCUT2D eigenvalue weighted by Gasteiger charge is -2.12. The Kier molecular flexibility index (Phi) is 7.94. The quantitative estimate of drug-likeness (QED) is 0.314. The van der Waals surface area contributed by atoms with Gasteiger partial charge >= 0.3 is 6.03 Å². The second kappa shape index (κ2) is 11.5. The van der Waals surface area contributed by atoms with Crippen LogP contribution in [0.15, 0.2) is 102 Å². The van der Waals surface area contributed by atoms with Gasteiger partial charge in [-0.05, 0) is 64.7 Å². The number of aromatic nitrogens is 1. The largest absolute Gasteiger partial charge is 0.493 e. The molecule has 3 aromatic carbocycles. The summed E-state index contributed by atoms with van der Waals surface area (Å²) in [4.78, 5) is 16.2. The molecule has 0 unspecified atom stereocenters. The van der Waals surface area contributed by atoms with Gasteiger partial charge in [0, 0.05) is 31.0 Å². The molecule has 4 N–H and O–H groups in total. The fourth-order valence-corrected chi connectivity index (χ4v) is 4.19. The molecule has 0 radical (unpaired) electrons. The van der Waals surface area contributed by atoms with Crippen molar-refractivity contribution in [3.05, 3.63) is 108 Å². The molecule has 0 aliphatic rings. The van der Waals surface area contributed by atoms with Gasteiger partial charge < -0.3 is 15.4 Å². The maximum Gasteiger partial charge on any atom is 0.319 e. The molecular weight excluding hydrogens is 476 g/mol. The molecule has 2 amide bonds. The Balaban J connectivity index is 1.31. The minimum atomic E-state index is -3.78. The number of amides is 2. The SMILES string of the molecule is NS(=O)(=O)c1cccc(-c2ccccc2CCOc2ccc(NC(=O)NCc3cccnc3)cc2)c1. The van der Waals surface area contributed by atoms with Crippen molar-refractivity contribution in [1.82, 2.24) is 10.3 Å². The topological polar surface area (TPSA) is 123 Å². The van der Waals surface area contributed by atoms with E-state index in [2.05, 4.69) is 15.6 Å². The van der Waals surface area contributed by atoms with Crippen LogP contribution in [0.1, 0.15) is 11.1 Å². The van der Waals surface area contributed by atoms with Crippen LogP contribution in [0.4, 0.5) is 10.5 Å². The zero-order valence-corrected chi connectivity index (χ0v) is 20.2. The number of nitrogens with one attached hydrogen (secondary N) is 2. The molecule has 1 heterocycles. The van der Waals surface area contributed by atoms with Crippen LogP contribution in [-0.2, 0) is 23.0 Å². The van der Waals surface area contributed by atoms with Gasteiger partial charge in [-0.15, -0.1) is 0 Å². The van der Waals surface area contributed by atoms with Gasteiger partial charge in [-0.25, -0.2) is 18.4 Å². The minimum absolute atomic E-state index is 0.0745. The zero-order chi connectivity index (χ0) is 25.4. The lowest BCUT2D eigenvalue weighted by atomic mass is 9.98. The number of nitrogens with zero attached hydrogens (tertiary/aromatic N) is 1. The van der Waals surface area contributed by atoms with Crippen molar-refractivity contribution in [2.24, 2.45) is 5.14 Å². The van der Waals surface area contributed by atoms with Crippen molar-refractivity contribution >= 4 is 21.7 Å². The maximum atomic E-state index is 12.1. The van der Waals surface area contributed by atoms with Gasteiger partial charge in [0.1, 0.15) is 5.75 Å². The fraction of sp³-hybridized carbons (Fsp3) is 0.111. The molecule has 4 aromatic rings. The first kappa shape index (κ1) is 24.9. The van der Waals surface area contributed by atoms with E-state index in [1.807, 2.05) is 42.5 Å². The predicted octanol–water partition coefficient (Wildman–Crippen LogP) is 4.34. The fourth-order valence-electron chi connectivity index (χ4n) is 3.63. The second-order valence-corrected chi connectivity index (χ2v) is 9.58. The number of hydrogen-bond donors (Lipinski definition) is 3. The van der Waals surface area contributed by atoms with Crippen LogP contribution in [0.3, 0.4) is 0 Å². The summed E-state index contributed by atoms with van der Waals surface area (Å²) in [6.45, 7) is 0.804. The van der Waals surface area contributed by atoms with Gasteiger partial charge in [0.25, 0.3) is 0 Å². The summed E-state index contributed by atoms with van der Waals surface area (Å²) in [6, 6.07) is 24.9. The summed E-state index contributed by atoms with van der Waals surface area (Å²) >= 11 is 0. The summed E-state index contributed by atoms with van der Waals surface area (Å²) < 4.78 is 29.4. The third-order valence-electron chi connectivity index (χ3n) is 5.42. The highest BCUT2D eigenvalue weighted by Crippen LogP contribution is 2.26. The highest BCUT2D eigenvalue weighted by atomic mass is 32.2. The first-order valence-electron chi connectivity index (χ1n) is 11.3. The number of sulfonamides is 1. The van der Waals surface area contributed by atoms with Crippen LogP contribution in [0, 0.1) is 0 Å². The molecule has 8 nitrogen and oxygen atoms in total. The van der Waals surface area contributed by atoms with E-state index in [9.17, 15) is 13.2 Å². The first-order valence-corrected chi connectivity index (χ1v) is 12.8. The number of primary sulfonamides is 1. The van der Waals surface area contributed by atoms with Crippen LogP contribution in [0.2, 0.25) is 0 Å². The molecule has 0 aliphatic carbocycles. The van der Waals surface area contributed by atoms with E-state index in [4.69, 9.17) is 9.88 Å². The van der Waals surface area contributed by atoms with Gasteiger partial charge in [0.2, 0.25) is 10.0 Å². The van der Waals surface area contributed by atoms with Crippen LogP contribution in [0.5, 0.6) is 5.75 Å². The standard InChI is InChI=1S/C27H26N4O4S/c28-36(33,34)25-8-3-7-22(17-25)26-9-2-1-6-21(26)14-16-35-24-12-10-23(11-13-24)31-27(32)30-19-20-5-4-15-29-18-20/h1-13,15,17-18H,14,16,19H2,(H2,28,33,34)(H2,30,31,32). The summed E-state index contributed by atoms with van der Waals surface area (Å²) in [5.74, 6) is 0.671. The average Bonchev–Trinajstić information content (AvgIpc) is 2.89. The van der Waals surface area contributed by atoms with E-state index in [-0.39, 0.29) is 10.9 Å². The van der Waals surface area contributed by atoms with Gasteiger partial charge in [-0.2, -0.15) is 0 Å². The molecule has 0 fully saturated rings. The number of benzene rings is 3. The Morgan fingerprint density at radius 2 is 1.75 bits per heavy atom. The number of carbonyl (C=O) groups is 1. The van der Waals surface area contributed by atoms with Crippen LogP contribution < -0.4 is 20.5 Å². The summed E-state index contributed by atoms with van der Waals surface area (Å²) in [5.41, 5.74) is 4.27. The normalized spacial score (nSPS) is 11.0. The summed E-state index contributed by atoms with van der Waals surface area (Å²) in [7, 11) is -3.78. The first-order chi connectivity index (χ1) is 17.4. The molecule has 36 heavy (non-hydrogen) atoms. The van der Waals surface area contributed by atoms with E-state index >= 15 is 0 Å². The van der Waals surface area contributed by atoms with Gasteiger partial charge in [-0.3, -0.25) is 4.98 Å². The molecule has 0 aliphatic heterocycles. The van der Waals surface area contributed by atoms with Crippen LogP contribution in [0.25, 0.3) is 11.1 Å². The van der Waals surface area contributed by atoms with Crippen molar-refractivity contribution in [1.29, 1.82) is 0 Å². The minimum Gasteiger partial charge on any atom is -0.493 e. The molecule has 0 saturated heterocycles. The third kappa shape index (κ3) is 6.91. The van der Waals surface area contributed by atoms with Crippen LogP contribution in [-0.4, -0.2) is 26.0 Å². The number of ether oxygens (including phenoxy) is 1. The van der Waals surface area contributed by atoms with Crippen molar-refractivity contribution < 1.29 is 17.9 Å². The predicted molar refractivity (Wildman–Crippen MR) is 139 cm³/mol. The smallest absolute Gasteiger partial charge is 0.319 e. The monoisotopic (exact) mass is 502 g/mol. The Morgan fingerprint density at radius 3 is 2.50 bits per heavy atom. The van der Waals surface area contributed by atoms with E-state index in [1.54, 1.807) is 48.8 Å². The van der Waals surface area contributed by atoms with Crippen molar-refractivity contribution in [3.63, 3.8) is 0 Å². The highest BCUT2D eigenvalue weighted by molar-refractivity contribution is 7.89. The second-order valence-electron chi connectivity index (χ2n) is 8.02. The van der Waals surface area contributed by atoms with Crippen molar-refractivity contribution in [2.45, 2.75) is 17.9 Å². The Bertz CT molecular complexity index is 1430. The lowest BCUT2D eigenvalue weighted by molar-refractivity contribution is 0.251. The molecule has 0 saturated carbocycles. The molecule has 0 spiro atoms. The van der Waals surface area contributed by atoms with Gasteiger partial charge in [-0.1, -0.05) is 42.5 Å². The third-order valence-corrected chi connectivity index (χ3v) is 6.33. The number of pyridine rings is 1. The lowest BCUT2D eigenvalue weighted by Crippen LogP contribution is -2.28. The van der Waals surface area contributed by atoms with E-state index in [0.29, 0.717) is 31.0 Å². The summed E-state index contributed by atoms with van der Waals surface area (Å²) in [5, 5.41) is 10.9. The van der Waals surface area contributed by atoms with Crippen LogP contribution >= 0.6 is 0 Å². The Morgan fingerprint density at radius 1 is 0.944 bits per heavy atom. The maximum absolute atomic E-state index is 12.1. The molecular formula is C27H26N4O4S. The number of carbonyl (C=O) groups excluding carboxylic acids is 1. The molecule has 1 aromatic heterocycles. The summed E-state index contributed by atoms with van der Waals surface area (Å²) in [6.07, 6.45) is 4.00.